The Morgan fingerprint density at radius 3 is 2.75 bits per heavy atom. The summed E-state index contributed by atoms with van der Waals surface area (Å²) in [6.45, 7) is 4.27. The van der Waals surface area contributed by atoms with Crippen molar-refractivity contribution in [3.05, 3.63) is 22.6 Å². The van der Waals surface area contributed by atoms with Gasteiger partial charge in [0, 0.05) is 17.5 Å². The number of aryl methyl sites for hydroxylation is 2. The lowest BCUT2D eigenvalue weighted by Crippen LogP contribution is -1.99. The Bertz CT molecular complexity index is 496. The molecule has 2 N–H and O–H groups in total. The van der Waals surface area contributed by atoms with Crippen LogP contribution in [0, 0.1) is 6.92 Å². The average Bonchev–Trinajstić information content (AvgIpc) is 2.78. The average molecular weight is 235 g/mol. The Morgan fingerprint density at radius 2 is 2.19 bits per heavy atom. The van der Waals surface area contributed by atoms with Gasteiger partial charge in [-0.25, -0.2) is 0 Å². The van der Waals surface area contributed by atoms with Gasteiger partial charge < -0.3 is 5.73 Å². The maximum atomic E-state index is 6.04. The molecule has 0 aromatic carbocycles. The summed E-state index contributed by atoms with van der Waals surface area (Å²) in [5.74, 6) is 0.794. The predicted molar refractivity (Wildman–Crippen MR) is 69.7 cm³/mol. The van der Waals surface area contributed by atoms with Gasteiger partial charge in [-0.1, -0.05) is 13.3 Å². The SMILES string of the molecule is CCCc1c(-c2ccc(C)s2)nn(C)c1N. The van der Waals surface area contributed by atoms with E-state index >= 15 is 0 Å². The molecule has 0 saturated heterocycles. The first-order valence-electron chi connectivity index (χ1n) is 5.51. The monoisotopic (exact) mass is 235 g/mol. The minimum atomic E-state index is 0.794. The van der Waals surface area contributed by atoms with Crippen molar-refractivity contribution in [2.45, 2.75) is 26.7 Å². The highest BCUT2D eigenvalue weighted by atomic mass is 32.1. The normalized spacial score (nSPS) is 10.9. The molecule has 0 aliphatic carbocycles. The smallest absolute Gasteiger partial charge is 0.125 e. The van der Waals surface area contributed by atoms with Gasteiger partial charge >= 0.3 is 0 Å². The van der Waals surface area contributed by atoms with Crippen molar-refractivity contribution in [2.24, 2.45) is 7.05 Å². The number of aromatic nitrogens is 2. The van der Waals surface area contributed by atoms with Gasteiger partial charge in [0.2, 0.25) is 0 Å². The van der Waals surface area contributed by atoms with Crippen molar-refractivity contribution < 1.29 is 0 Å². The molecule has 0 aliphatic rings. The van der Waals surface area contributed by atoms with Gasteiger partial charge in [0.25, 0.3) is 0 Å². The van der Waals surface area contributed by atoms with E-state index in [1.807, 2.05) is 7.05 Å². The first-order valence-corrected chi connectivity index (χ1v) is 6.33. The molecule has 0 bridgehead atoms. The van der Waals surface area contributed by atoms with Crippen LogP contribution >= 0.6 is 11.3 Å². The summed E-state index contributed by atoms with van der Waals surface area (Å²) in [5, 5.41) is 4.51. The van der Waals surface area contributed by atoms with Gasteiger partial charge in [0.05, 0.1) is 4.88 Å². The van der Waals surface area contributed by atoms with Crippen LogP contribution in [0.3, 0.4) is 0 Å². The molecule has 0 amide bonds. The third kappa shape index (κ3) is 1.85. The molecule has 2 rings (SSSR count). The molecule has 2 aromatic rings. The molecule has 0 spiro atoms. The fourth-order valence-electron chi connectivity index (χ4n) is 1.84. The Kier molecular flexibility index (Phi) is 3.01. The number of nitrogen functional groups attached to an aromatic ring is 1. The molecule has 3 nitrogen and oxygen atoms in total. The van der Waals surface area contributed by atoms with E-state index in [1.54, 1.807) is 16.0 Å². The lowest BCUT2D eigenvalue weighted by atomic mass is 10.1. The molecule has 4 heteroatoms. The summed E-state index contributed by atoms with van der Waals surface area (Å²) in [4.78, 5) is 2.52. The summed E-state index contributed by atoms with van der Waals surface area (Å²) >= 11 is 1.77. The number of hydrogen-bond donors (Lipinski definition) is 1. The van der Waals surface area contributed by atoms with Crippen LogP contribution < -0.4 is 5.73 Å². The third-order valence-corrected chi connectivity index (χ3v) is 3.67. The molecule has 2 heterocycles. The minimum absolute atomic E-state index is 0.794. The Balaban J connectivity index is 2.51. The molecule has 86 valence electrons. The molecule has 0 fully saturated rings. The topological polar surface area (TPSA) is 43.8 Å². The second-order valence-electron chi connectivity index (χ2n) is 4.00. The van der Waals surface area contributed by atoms with Crippen molar-refractivity contribution >= 4 is 17.2 Å². The largest absolute Gasteiger partial charge is 0.384 e. The van der Waals surface area contributed by atoms with Crippen LogP contribution in [0.4, 0.5) is 5.82 Å². The molecule has 2 aromatic heterocycles. The molecule has 0 radical (unpaired) electrons. The molecule has 16 heavy (non-hydrogen) atoms. The number of nitrogens with zero attached hydrogens (tertiary/aromatic N) is 2. The van der Waals surface area contributed by atoms with Crippen LogP contribution in [0.5, 0.6) is 0 Å². The lowest BCUT2D eigenvalue weighted by molar-refractivity contribution is 0.781. The highest BCUT2D eigenvalue weighted by Gasteiger charge is 2.15. The van der Waals surface area contributed by atoms with E-state index in [0.717, 1.165) is 24.4 Å². The van der Waals surface area contributed by atoms with E-state index in [1.165, 1.54) is 15.3 Å². The Labute approximate surface area is 99.9 Å². The van der Waals surface area contributed by atoms with Crippen molar-refractivity contribution in [3.8, 4) is 10.6 Å². The molecule has 0 unspecified atom stereocenters. The van der Waals surface area contributed by atoms with E-state index in [9.17, 15) is 0 Å². The fourth-order valence-corrected chi connectivity index (χ4v) is 2.72. The Morgan fingerprint density at radius 1 is 1.44 bits per heavy atom. The van der Waals surface area contributed by atoms with Gasteiger partial charge in [0.1, 0.15) is 11.5 Å². The summed E-state index contributed by atoms with van der Waals surface area (Å²) in [7, 11) is 1.90. The van der Waals surface area contributed by atoms with Crippen LogP contribution in [-0.4, -0.2) is 9.78 Å². The van der Waals surface area contributed by atoms with Crippen LogP contribution in [0.2, 0.25) is 0 Å². The second-order valence-corrected chi connectivity index (χ2v) is 5.28. The summed E-state index contributed by atoms with van der Waals surface area (Å²) in [6, 6.07) is 4.25. The molecular weight excluding hydrogens is 218 g/mol. The van der Waals surface area contributed by atoms with E-state index < -0.39 is 0 Å². The van der Waals surface area contributed by atoms with Gasteiger partial charge in [-0.3, -0.25) is 4.68 Å². The number of hydrogen-bond acceptors (Lipinski definition) is 3. The van der Waals surface area contributed by atoms with E-state index in [4.69, 9.17) is 5.73 Å². The maximum Gasteiger partial charge on any atom is 0.125 e. The van der Waals surface area contributed by atoms with Gasteiger partial charge in [-0.05, 0) is 25.5 Å². The van der Waals surface area contributed by atoms with E-state index in [0.29, 0.717) is 0 Å². The maximum absolute atomic E-state index is 6.04. The van der Waals surface area contributed by atoms with Crippen molar-refractivity contribution in [2.75, 3.05) is 5.73 Å². The van der Waals surface area contributed by atoms with Crippen LogP contribution in [0.1, 0.15) is 23.8 Å². The molecule has 0 aliphatic heterocycles. The van der Waals surface area contributed by atoms with Gasteiger partial charge in [-0.2, -0.15) is 5.10 Å². The van der Waals surface area contributed by atoms with Crippen LogP contribution in [-0.2, 0) is 13.5 Å². The fraction of sp³-hybridized carbons (Fsp3) is 0.417. The van der Waals surface area contributed by atoms with Gasteiger partial charge in [0.15, 0.2) is 0 Å². The minimum Gasteiger partial charge on any atom is -0.384 e. The molecular formula is C12H17N3S. The quantitative estimate of drug-likeness (QED) is 0.888. The lowest BCUT2D eigenvalue weighted by Gasteiger charge is -1.99. The summed E-state index contributed by atoms with van der Waals surface area (Å²) in [6.07, 6.45) is 2.08. The Hall–Kier alpha value is -1.29. The molecule has 0 atom stereocenters. The number of rotatable bonds is 3. The predicted octanol–water partition coefficient (Wildman–Crippen LogP) is 2.99. The summed E-state index contributed by atoms with van der Waals surface area (Å²) in [5.41, 5.74) is 8.28. The van der Waals surface area contributed by atoms with E-state index in [2.05, 4.69) is 31.1 Å². The first kappa shape index (κ1) is 11.2. The highest BCUT2D eigenvalue weighted by Crippen LogP contribution is 2.32. The highest BCUT2D eigenvalue weighted by molar-refractivity contribution is 7.15. The van der Waals surface area contributed by atoms with Crippen molar-refractivity contribution in [1.82, 2.24) is 9.78 Å². The zero-order chi connectivity index (χ0) is 11.7. The van der Waals surface area contributed by atoms with E-state index in [-0.39, 0.29) is 0 Å². The van der Waals surface area contributed by atoms with Crippen LogP contribution in [0.25, 0.3) is 10.6 Å². The number of thiophene rings is 1. The zero-order valence-electron chi connectivity index (χ0n) is 9.95. The third-order valence-electron chi connectivity index (χ3n) is 2.67. The van der Waals surface area contributed by atoms with Crippen molar-refractivity contribution in [1.29, 1.82) is 0 Å². The number of nitrogens with two attached hydrogens (primary N) is 1. The first-order chi connectivity index (χ1) is 7.63. The molecule has 0 saturated carbocycles. The number of anilines is 1. The zero-order valence-corrected chi connectivity index (χ0v) is 10.8. The van der Waals surface area contributed by atoms with Gasteiger partial charge in [-0.15, -0.1) is 11.3 Å². The summed E-state index contributed by atoms with van der Waals surface area (Å²) < 4.78 is 1.77. The second kappa shape index (κ2) is 4.29. The standard InChI is InChI=1S/C12H17N3S/c1-4-5-9-11(14-15(3)12(9)13)10-7-6-8(2)16-10/h6-7H,4-5,13H2,1-3H3. The van der Waals surface area contributed by atoms with Crippen LogP contribution in [0.15, 0.2) is 12.1 Å². The van der Waals surface area contributed by atoms with Crippen molar-refractivity contribution in [3.63, 3.8) is 0 Å².